The maximum Gasteiger partial charge on any atom is 0.231 e. The quantitative estimate of drug-likeness (QED) is 0.744. The van der Waals surface area contributed by atoms with Crippen molar-refractivity contribution < 1.29 is 14.1 Å². The highest BCUT2D eigenvalue weighted by Gasteiger charge is 2.12. The van der Waals surface area contributed by atoms with Gasteiger partial charge in [-0.1, -0.05) is 17.3 Å². The van der Waals surface area contributed by atoms with Crippen LogP contribution in [0.25, 0.3) is 10.7 Å². The fourth-order valence-electron chi connectivity index (χ4n) is 2.15. The second kappa shape index (κ2) is 7.27. The molecular weight excluding hydrogens is 326 g/mol. The zero-order valence-electron chi connectivity index (χ0n) is 13.4. The molecule has 3 aromatic rings. The lowest BCUT2D eigenvalue weighted by Crippen LogP contribution is -2.17. The number of methoxy groups -OCH3 is 1. The summed E-state index contributed by atoms with van der Waals surface area (Å²) in [5.41, 5.74) is 1.07. The first-order valence-electron chi connectivity index (χ1n) is 7.43. The molecule has 0 aliphatic heterocycles. The van der Waals surface area contributed by atoms with E-state index in [4.69, 9.17) is 9.26 Å². The number of carbonyl (C=O) groups is 1. The van der Waals surface area contributed by atoms with E-state index in [9.17, 15) is 4.79 Å². The average molecular weight is 343 g/mol. The Morgan fingerprint density at radius 1 is 1.25 bits per heavy atom. The van der Waals surface area contributed by atoms with Crippen LogP contribution < -0.4 is 10.1 Å². The normalized spacial score (nSPS) is 10.6. The molecule has 0 fully saturated rings. The number of rotatable bonds is 6. The SMILES string of the molecule is COc1ccc(Cc2nc(-c3ccc(CNC(C)=O)s3)no2)cc1. The largest absolute Gasteiger partial charge is 0.497 e. The van der Waals surface area contributed by atoms with Crippen LogP contribution in [0.4, 0.5) is 0 Å². The minimum atomic E-state index is -0.0497. The van der Waals surface area contributed by atoms with Crippen LogP contribution in [0, 0.1) is 0 Å². The smallest absolute Gasteiger partial charge is 0.231 e. The zero-order chi connectivity index (χ0) is 16.9. The lowest BCUT2D eigenvalue weighted by molar-refractivity contribution is -0.119. The Balaban J connectivity index is 1.67. The van der Waals surface area contributed by atoms with Crippen molar-refractivity contribution in [2.24, 2.45) is 0 Å². The predicted molar refractivity (Wildman–Crippen MR) is 90.9 cm³/mol. The van der Waals surface area contributed by atoms with Gasteiger partial charge in [0, 0.05) is 11.8 Å². The van der Waals surface area contributed by atoms with Crippen LogP contribution in [0.1, 0.15) is 23.3 Å². The van der Waals surface area contributed by atoms with E-state index >= 15 is 0 Å². The highest BCUT2D eigenvalue weighted by molar-refractivity contribution is 7.15. The number of nitrogens with zero attached hydrogens (tertiary/aromatic N) is 2. The molecule has 1 N–H and O–H groups in total. The summed E-state index contributed by atoms with van der Waals surface area (Å²) in [5, 5.41) is 6.81. The summed E-state index contributed by atoms with van der Waals surface area (Å²) in [7, 11) is 1.64. The van der Waals surface area contributed by atoms with E-state index in [0.29, 0.717) is 24.7 Å². The Hall–Kier alpha value is -2.67. The highest BCUT2D eigenvalue weighted by atomic mass is 32.1. The molecule has 0 bridgehead atoms. The van der Waals surface area contributed by atoms with Crippen LogP contribution >= 0.6 is 11.3 Å². The molecule has 2 heterocycles. The standard InChI is InChI=1S/C17H17N3O3S/c1-11(21)18-10-14-7-8-15(24-14)17-19-16(23-20-17)9-12-3-5-13(22-2)6-4-12/h3-8H,9-10H2,1-2H3,(H,18,21). The first kappa shape index (κ1) is 16.2. The molecule has 3 rings (SSSR count). The lowest BCUT2D eigenvalue weighted by Gasteiger charge is -2.00. The minimum absolute atomic E-state index is 0.0497. The third kappa shape index (κ3) is 3.99. The molecule has 6 nitrogen and oxygen atoms in total. The molecular formula is C17H17N3O3S. The Bertz CT molecular complexity index is 824. The van der Waals surface area contributed by atoms with Gasteiger partial charge in [-0.15, -0.1) is 11.3 Å². The molecule has 7 heteroatoms. The van der Waals surface area contributed by atoms with E-state index in [0.717, 1.165) is 21.1 Å². The van der Waals surface area contributed by atoms with Gasteiger partial charge in [-0.05, 0) is 29.8 Å². The van der Waals surface area contributed by atoms with Crippen LogP contribution in [-0.4, -0.2) is 23.2 Å². The molecule has 2 aromatic heterocycles. The van der Waals surface area contributed by atoms with Crippen LogP contribution in [0.15, 0.2) is 40.9 Å². The fourth-order valence-corrected chi connectivity index (χ4v) is 3.02. The summed E-state index contributed by atoms with van der Waals surface area (Å²) in [4.78, 5) is 17.4. The molecule has 0 radical (unpaired) electrons. The van der Waals surface area contributed by atoms with Crippen molar-refractivity contribution in [2.75, 3.05) is 7.11 Å². The number of thiophene rings is 1. The predicted octanol–water partition coefficient (Wildman–Crippen LogP) is 3.03. The summed E-state index contributed by atoms with van der Waals surface area (Å²) in [6.07, 6.45) is 0.571. The van der Waals surface area contributed by atoms with E-state index in [2.05, 4.69) is 15.5 Å². The number of carbonyl (C=O) groups excluding carboxylic acids is 1. The molecule has 0 aliphatic carbocycles. The van der Waals surface area contributed by atoms with Gasteiger partial charge in [0.25, 0.3) is 0 Å². The third-order valence-electron chi connectivity index (χ3n) is 3.38. The topological polar surface area (TPSA) is 77.2 Å². The van der Waals surface area contributed by atoms with Gasteiger partial charge in [0.05, 0.1) is 25.0 Å². The first-order valence-corrected chi connectivity index (χ1v) is 8.25. The van der Waals surface area contributed by atoms with Crippen molar-refractivity contribution in [2.45, 2.75) is 19.9 Å². The monoisotopic (exact) mass is 343 g/mol. The van der Waals surface area contributed by atoms with Crippen molar-refractivity contribution in [3.8, 4) is 16.5 Å². The van der Waals surface area contributed by atoms with Gasteiger partial charge >= 0.3 is 0 Å². The van der Waals surface area contributed by atoms with Gasteiger partial charge in [-0.3, -0.25) is 4.79 Å². The maximum atomic E-state index is 11.0. The minimum Gasteiger partial charge on any atom is -0.497 e. The number of hydrogen-bond acceptors (Lipinski definition) is 6. The molecule has 0 spiro atoms. The van der Waals surface area contributed by atoms with Gasteiger partial charge in [0.1, 0.15) is 5.75 Å². The molecule has 0 unspecified atom stereocenters. The van der Waals surface area contributed by atoms with Crippen LogP contribution in [0.3, 0.4) is 0 Å². The molecule has 124 valence electrons. The Kier molecular flexibility index (Phi) is 4.90. The zero-order valence-corrected chi connectivity index (χ0v) is 14.2. The maximum absolute atomic E-state index is 11.0. The van der Waals surface area contributed by atoms with Gasteiger partial charge < -0.3 is 14.6 Å². The molecule has 24 heavy (non-hydrogen) atoms. The molecule has 0 saturated heterocycles. The number of hydrogen-bond donors (Lipinski definition) is 1. The fraction of sp³-hybridized carbons (Fsp3) is 0.235. The molecule has 0 atom stereocenters. The van der Waals surface area contributed by atoms with Gasteiger partial charge in [0.15, 0.2) is 0 Å². The summed E-state index contributed by atoms with van der Waals surface area (Å²) in [6.45, 7) is 2.01. The number of amides is 1. The number of ether oxygens (including phenoxy) is 1. The van der Waals surface area contributed by atoms with Crippen molar-refractivity contribution >= 4 is 17.2 Å². The number of nitrogens with one attached hydrogen (secondary N) is 1. The third-order valence-corrected chi connectivity index (χ3v) is 4.46. The van der Waals surface area contributed by atoms with Crippen molar-refractivity contribution in [1.82, 2.24) is 15.5 Å². The lowest BCUT2D eigenvalue weighted by atomic mass is 10.1. The van der Waals surface area contributed by atoms with Crippen molar-refractivity contribution in [1.29, 1.82) is 0 Å². The van der Waals surface area contributed by atoms with E-state index in [-0.39, 0.29) is 5.91 Å². The van der Waals surface area contributed by atoms with E-state index in [1.165, 1.54) is 18.3 Å². The van der Waals surface area contributed by atoms with E-state index in [1.54, 1.807) is 7.11 Å². The van der Waals surface area contributed by atoms with Crippen LogP contribution in [-0.2, 0) is 17.8 Å². The Morgan fingerprint density at radius 2 is 2.04 bits per heavy atom. The first-order chi connectivity index (χ1) is 11.6. The summed E-state index contributed by atoms with van der Waals surface area (Å²) < 4.78 is 10.5. The second-order valence-electron chi connectivity index (χ2n) is 5.21. The summed E-state index contributed by atoms with van der Waals surface area (Å²) in [6, 6.07) is 11.6. The second-order valence-corrected chi connectivity index (χ2v) is 6.38. The van der Waals surface area contributed by atoms with Crippen molar-refractivity contribution in [3.63, 3.8) is 0 Å². The van der Waals surface area contributed by atoms with Gasteiger partial charge in [0.2, 0.25) is 17.6 Å². The molecule has 0 aliphatic rings. The summed E-state index contributed by atoms with van der Waals surface area (Å²) >= 11 is 1.54. The summed E-state index contributed by atoms with van der Waals surface area (Å²) in [5.74, 6) is 1.89. The Morgan fingerprint density at radius 3 is 2.75 bits per heavy atom. The highest BCUT2D eigenvalue weighted by Crippen LogP contribution is 2.26. The van der Waals surface area contributed by atoms with Crippen molar-refractivity contribution in [3.05, 3.63) is 52.7 Å². The molecule has 1 amide bonds. The van der Waals surface area contributed by atoms with Gasteiger partial charge in [-0.2, -0.15) is 4.98 Å². The van der Waals surface area contributed by atoms with E-state index < -0.39 is 0 Å². The van der Waals surface area contributed by atoms with Gasteiger partial charge in [-0.25, -0.2) is 0 Å². The van der Waals surface area contributed by atoms with Crippen LogP contribution in [0.2, 0.25) is 0 Å². The Labute approximate surface area is 143 Å². The number of benzene rings is 1. The van der Waals surface area contributed by atoms with Crippen LogP contribution in [0.5, 0.6) is 5.75 Å². The molecule has 1 aromatic carbocycles. The molecule has 0 saturated carbocycles. The average Bonchev–Trinajstić information content (AvgIpc) is 3.22. The number of aromatic nitrogens is 2. The van der Waals surface area contributed by atoms with E-state index in [1.807, 2.05) is 36.4 Å².